The second-order valence-corrected chi connectivity index (χ2v) is 6.05. The number of rotatable bonds is 5. The summed E-state index contributed by atoms with van der Waals surface area (Å²) < 4.78 is 5.28. The van der Waals surface area contributed by atoms with Crippen molar-refractivity contribution in [1.29, 1.82) is 0 Å². The average Bonchev–Trinajstić information content (AvgIpc) is 3.03. The van der Waals surface area contributed by atoms with Crippen molar-refractivity contribution >= 4 is 23.2 Å². The second-order valence-electron chi connectivity index (χ2n) is 5.17. The number of benzene rings is 2. The number of hydrogen-bond donors (Lipinski definition) is 1. The first kappa shape index (κ1) is 16.0. The van der Waals surface area contributed by atoms with Gasteiger partial charge in [-0.1, -0.05) is 40.5 Å². The van der Waals surface area contributed by atoms with Gasteiger partial charge in [-0.15, -0.1) is 0 Å². The molecule has 0 fully saturated rings. The van der Waals surface area contributed by atoms with Crippen molar-refractivity contribution in [2.45, 2.75) is 19.5 Å². The van der Waals surface area contributed by atoms with Crippen molar-refractivity contribution in [3.63, 3.8) is 0 Å². The summed E-state index contributed by atoms with van der Waals surface area (Å²) in [6, 6.07) is 15.2. The molecule has 3 rings (SSSR count). The van der Waals surface area contributed by atoms with Gasteiger partial charge >= 0.3 is 0 Å². The van der Waals surface area contributed by atoms with Crippen LogP contribution in [0.25, 0.3) is 11.4 Å². The fourth-order valence-corrected chi connectivity index (χ4v) is 2.40. The van der Waals surface area contributed by atoms with Crippen LogP contribution in [0.3, 0.4) is 0 Å². The summed E-state index contributed by atoms with van der Waals surface area (Å²) in [4.78, 5) is 4.39. The van der Waals surface area contributed by atoms with E-state index in [-0.39, 0.29) is 6.04 Å². The lowest BCUT2D eigenvalue weighted by Gasteiger charge is -2.12. The molecular weight excluding hydrogens is 333 g/mol. The van der Waals surface area contributed by atoms with Gasteiger partial charge in [-0.2, -0.15) is 4.98 Å². The Kier molecular flexibility index (Phi) is 4.96. The first-order valence-electron chi connectivity index (χ1n) is 7.19. The number of aromatic nitrogens is 2. The maximum absolute atomic E-state index is 5.90. The molecule has 1 heterocycles. The molecule has 0 bridgehead atoms. The molecule has 118 valence electrons. The molecule has 0 saturated heterocycles. The van der Waals surface area contributed by atoms with Crippen LogP contribution in [0.1, 0.15) is 24.4 Å². The normalized spacial score (nSPS) is 12.3. The molecule has 0 unspecified atom stereocenters. The Morgan fingerprint density at radius 1 is 1.00 bits per heavy atom. The SMILES string of the molecule is C[C@H](NCc1nc(-c2ccc(Cl)cc2)no1)c1ccc(Cl)cc1. The van der Waals surface area contributed by atoms with Gasteiger partial charge in [0.25, 0.3) is 0 Å². The van der Waals surface area contributed by atoms with E-state index in [1.807, 2.05) is 36.4 Å². The Hall–Kier alpha value is -1.88. The van der Waals surface area contributed by atoms with Crippen LogP contribution in [0.5, 0.6) is 0 Å². The van der Waals surface area contributed by atoms with Gasteiger partial charge < -0.3 is 9.84 Å². The van der Waals surface area contributed by atoms with Crippen LogP contribution in [0, 0.1) is 0 Å². The van der Waals surface area contributed by atoms with E-state index in [0.29, 0.717) is 23.3 Å². The molecule has 0 aliphatic carbocycles. The summed E-state index contributed by atoms with van der Waals surface area (Å²) in [6.07, 6.45) is 0. The third kappa shape index (κ3) is 4.10. The minimum absolute atomic E-state index is 0.151. The molecule has 1 N–H and O–H groups in total. The van der Waals surface area contributed by atoms with Crippen LogP contribution in [0.4, 0.5) is 0 Å². The van der Waals surface area contributed by atoms with Crippen molar-refractivity contribution in [2.24, 2.45) is 0 Å². The van der Waals surface area contributed by atoms with E-state index < -0.39 is 0 Å². The minimum atomic E-state index is 0.151. The van der Waals surface area contributed by atoms with E-state index in [1.165, 1.54) is 0 Å². The monoisotopic (exact) mass is 347 g/mol. The van der Waals surface area contributed by atoms with E-state index in [4.69, 9.17) is 27.7 Å². The second kappa shape index (κ2) is 7.13. The third-order valence-corrected chi connectivity index (χ3v) is 4.00. The molecule has 2 aromatic carbocycles. The van der Waals surface area contributed by atoms with Crippen molar-refractivity contribution in [3.05, 3.63) is 70.0 Å². The quantitative estimate of drug-likeness (QED) is 0.713. The summed E-state index contributed by atoms with van der Waals surface area (Å²) in [5, 5.41) is 8.74. The van der Waals surface area contributed by atoms with Gasteiger partial charge in [0.05, 0.1) is 6.54 Å². The van der Waals surface area contributed by atoms with Crippen LogP contribution in [-0.2, 0) is 6.54 Å². The highest BCUT2D eigenvalue weighted by atomic mass is 35.5. The Labute approximate surface area is 144 Å². The molecular formula is C17H15Cl2N3O. The molecule has 0 radical (unpaired) electrons. The molecule has 0 aliphatic rings. The standard InChI is InChI=1S/C17H15Cl2N3O/c1-11(12-2-6-14(18)7-3-12)20-10-16-21-17(22-23-16)13-4-8-15(19)9-5-13/h2-9,11,20H,10H2,1H3/t11-/m0/s1. The van der Waals surface area contributed by atoms with Gasteiger partial charge in [-0.3, -0.25) is 0 Å². The highest BCUT2D eigenvalue weighted by Gasteiger charge is 2.10. The van der Waals surface area contributed by atoms with E-state index in [2.05, 4.69) is 22.4 Å². The lowest BCUT2D eigenvalue weighted by Crippen LogP contribution is -2.18. The first-order chi connectivity index (χ1) is 11.1. The molecule has 1 atom stereocenters. The highest BCUT2D eigenvalue weighted by molar-refractivity contribution is 6.30. The number of halogens is 2. The average molecular weight is 348 g/mol. The minimum Gasteiger partial charge on any atom is -0.338 e. The Bertz CT molecular complexity index is 769. The molecule has 0 saturated carbocycles. The third-order valence-electron chi connectivity index (χ3n) is 3.50. The largest absolute Gasteiger partial charge is 0.338 e. The number of nitrogens with one attached hydrogen (secondary N) is 1. The van der Waals surface area contributed by atoms with Crippen molar-refractivity contribution < 1.29 is 4.52 Å². The zero-order chi connectivity index (χ0) is 16.2. The van der Waals surface area contributed by atoms with Gasteiger partial charge in [-0.05, 0) is 48.9 Å². The molecule has 23 heavy (non-hydrogen) atoms. The summed E-state index contributed by atoms with van der Waals surface area (Å²) in [7, 11) is 0. The van der Waals surface area contributed by atoms with E-state index >= 15 is 0 Å². The van der Waals surface area contributed by atoms with Crippen LogP contribution < -0.4 is 5.32 Å². The molecule has 0 amide bonds. The summed E-state index contributed by atoms with van der Waals surface area (Å²) in [6.45, 7) is 2.56. The molecule has 3 aromatic rings. The van der Waals surface area contributed by atoms with Gasteiger partial charge in [0, 0.05) is 21.7 Å². The summed E-state index contributed by atoms with van der Waals surface area (Å²) in [5.41, 5.74) is 2.02. The predicted octanol–water partition coefficient (Wildman–Crippen LogP) is 4.89. The lowest BCUT2D eigenvalue weighted by molar-refractivity contribution is 0.360. The van der Waals surface area contributed by atoms with E-state index in [0.717, 1.165) is 16.1 Å². The van der Waals surface area contributed by atoms with Crippen LogP contribution in [0.2, 0.25) is 10.0 Å². The zero-order valence-electron chi connectivity index (χ0n) is 12.5. The lowest BCUT2D eigenvalue weighted by atomic mass is 10.1. The fourth-order valence-electron chi connectivity index (χ4n) is 2.15. The van der Waals surface area contributed by atoms with Crippen molar-refractivity contribution in [1.82, 2.24) is 15.5 Å². The molecule has 6 heteroatoms. The topological polar surface area (TPSA) is 51.0 Å². The van der Waals surface area contributed by atoms with Crippen LogP contribution in [-0.4, -0.2) is 10.1 Å². The smallest absolute Gasteiger partial charge is 0.240 e. The Morgan fingerprint density at radius 2 is 1.61 bits per heavy atom. The zero-order valence-corrected chi connectivity index (χ0v) is 14.0. The highest BCUT2D eigenvalue weighted by Crippen LogP contribution is 2.19. The summed E-state index contributed by atoms with van der Waals surface area (Å²) in [5.74, 6) is 1.09. The fraction of sp³-hybridized carbons (Fsp3) is 0.176. The maximum atomic E-state index is 5.90. The molecule has 0 aliphatic heterocycles. The molecule has 1 aromatic heterocycles. The number of nitrogens with zero attached hydrogens (tertiary/aromatic N) is 2. The van der Waals surface area contributed by atoms with Gasteiger partial charge in [-0.25, -0.2) is 0 Å². The van der Waals surface area contributed by atoms with Crippen LogP contribution >= 0.6 is 23.2 Å². The number of hydrogen-bond acceptors (Lipinski definition) is 4. The Balaban J connectivity index is 1.63. The van der Waals surface area contributed by atoms with Crippen molar-refractivity contribution in [2.75, 3.05) is 0 Å². The van der Waals surface area contributed by atoms with Crippen LogP contribution in [0.15, 0.2) is 53.1 Å². The predicted molar refractivity (Wildman–Crippen MR) is 91.5 cm³/mol. The summed E-state index contributed by atoms with van der Waals surface area (Å²) >= 11 is 11.8. The van der Waals surface area contributed by atoms with Crippen molar-refractivity contribution in [3.8, 4) is 11.4 Å². The van der Waals surface area contributed by atoms with Gasteiger partial charge in [0.2, 0.25) is 11.7 Å². The Morgan fingerprint density at radius 3 is 2.26 bits per heavy atom. The van der Waals surface area contributed by atoms with Gasteiger partial charge in [0.1, 0.15) is 0 Å². The first-order valence-corrected chi connectivity index (χ1v) is 7.95. The maximum Gasteiger partial charge on any atom is 0.240 e. The van der Waals surface area contributed by atoms with E-state index in [9.17, 15) is 0 Å². The van der Waals surface area contributed by atoms with E-state index in [1.54, 1.807) is 12.1 Å². The molecule has 4 nitrogen and oxygen atoms in total. The van der Waals surface area contributed by atoms with Gasteiger partial charge in [0.15, 0.2) is 0 Å². The molecule has 0 spiro atoms.